The fourth-order valence-corrected chi connectivity index (χ4v) is 2.32. The Balaban J connectivity index is 1.94. The van der Waals surface area contributed by atoms with Crippen LogP contribution in [0.15, 0.2) is 18.5 Å². The average molecular weight is 277 g/mol. The Morgan fingerprint density at radius 2 is 2.05 bits per heavy atom. The zero-order chi connectivity index (χ0) is 14.5. The first-order chi connectivity index (χ1) is 9.60. The van der Waals surface area contributed by atoms with Crippen LogP contribution in [0.4, 0.5) is 5.69 Å². The number of amides is 1. The summed E-state index contributed by atoms with van der Waals surface area (Å²) in [5, 5.41) is 3.35. The molecule has 1 aliphatic rings. The number of aromatic nitrogens is 1. The van der Waals surface area contributed by atoms with Crippen molar-refractivity contribution in [2.45, 2.75) is 25.8 Å². The molecular formula is C14H19N3O3. The lowest BCUT2D eigenvalue weighted by Gasteiger charge is -2.32. The summed E-state index contributed by atoms with van der Waals surface area (Å²) in [6.07, 6.45) is 4.95. The van der Waals surface area contributed by atoms with Crippen LogP contribution in [0.25, 0.3) is 0 Å². The van der Waals surface area contributed by atoms with Gasteiger partial charge in [-0.2, -0.15) is 0 Å². The van der Waals surface area contributed by atoms with Gasteiger partial charge in [-0.25, -0.2) is 4.79 Å². The summed E-state index contributed by atoms with van der Waals surface area (Å²) < 4.78 is 4.67. The van der Waals surface area contributed by atoms with Crippen LogP contribution in [0.5, 0.6) is 0 Å². The maximum absolute atomic E-state index is 11.4. The van der Waals surface area contributed by atoms with E-state index in [1.165, 1.54) is 13.3 Å². The van der Waals surface area contributed by atoms with Crippen LogP contribution in [0.2, 0.25) is 0 Å². The molecule has 1 fully saturated rings. The average Bonchev–Trinajstić information content (AvgIpc) is 2.47. The molecule has 1 N–H and O–H groups in total. The molecule has 108 valence electrons. The van der Waals surface area contributed by atoms with Gasteiger partial charge in [0.25, 0.3) is 0 Å². The minimum absolute atomic E-state index is 0.123. The highest BCUT2D eigenvalue weighted by Crippen LogP contribution is 2.17. The van der Waals surface area contributed by atoms with Crippen LogP contribution >= 0.6 is 0 Å². The van der Waals surface area contributed by atoms with Crippen LogP contribution in [-0.2, 0) is 9.53 Å². The molecule has 0 aliphatic carbocycles. The van der Waals surface area contributed by atoms with E-state index in [1.54, 1.807) is 19.2 Å². The van der Waals surface area contributed by atoms with Crippen molar-refractivity contribution in [3.63, 3.8) is 0 Å². The van der Waals surface area contributed by atoms with Crippen molar-refractivity contribution in [3.8, 4) is 0 Å². The van der Waals surface area contributed by atoms with Gasteiger partial charge in [0.05, 0.1) is 18.4 Å². The van der Waals surface area contributed by atoms with Gasteiger partial charge in [-0.3, -0.25) is 9.78 Å². The highest BCUT2D eigenvalue weighted by Gasteiger charge is 2.20. The Hall–Kier alpha value is -2.11. The summed E-state index contributed by atoms with van der Waals surface area (Å²) in [6, 6.07) is 2.02. The van der Waals surface area contributed by atoms with Crippen molar-refractivity contribution in [2.75, 3.05) is 25.5 Å². The van der Waals surface area contributed by atoms with Crippen molar-refractivity contribution in [1.82, 2.24) is 9.88 Å². The number of esters is 1. The first-order valence-corrected chi connectivity index (χ1v) is 6.65. The topological polar surface area (TPSA) is 71.5 Å². The van der Waals surface area contributed by atoms with E-state index in [0.29, 0.717) is 11.6 Å². The number of carbonyl (C=O) groups excluding carboxylic acids is 2. The van der Waals surface area contributed by atoms with Crippen molar-refractivity contribution in [3.05, 3.63) is 24.0 Å². The van der Waals surface area contributed by atoms with E-state index in [1.807, 2.05) is 4.90 Å². The Kier molecular flexibility index (Phi) is 4.55. The molecule has 2 rings (SSSR count). The molecule has 1 amide bonds. The molecule has 2 heterocycles. The monoisotopic (exact) mass is 277 g/mol. The largest absolute Gasteiger partial charge is 0.465 e. The molecule has 0 aromatic carbocycles. The molecule has 0 saturated carbocycles. The Morgan fingerprint density at radius 1 is 1.35 bits per heavy atom. The van der Waals surface area contributed by atoms with Gasteiger partial charge in [-0.05, 0) is 18.9 Å². The third-order valence-electron chi connectivity index (χ3n) is 3.47. The fourth-order valence-electron chi connectivity index (χ4n) is 2.32. The van der Waals surface area contributed by atoms with Gasteiger partial charge < -0.3 is 15.0 Å². The predicted molar refractivity (Wildman–Crippen MR) is 74.5 cm³/mol. The summed E-state index contributed by atoms with van der Waals surface area (Å²) in [5.41, 5.74) is 1.23. The molecule has 6 heteroatoms. The number of methoxy groups -OCH3 is 1. The molecule has 1 aliphatic heterocycles. The number of likely N-dealkylation sites (tertiary alicyclic amines) is 1. The first-order valence-electron chi connectivity index (χ1n) is 6.65. The van der Waals surface area contributed by atoms with Gasteiger partial charge in [0.2, 0.25) is 5.91 Å². The summed E-state index contributed by atoms with van der Waals surface area (Å²) in [7, 11) is 1.35. The van der Waals surface area contributed by atoms with E-state index in [4.69, 9.17) is 0 Å². The van der Waals surface area contributed by atoms with Gasteiger partial charge >= 0.3 is 5.97 Å². The second-order valence-corrected chi connectivity index (χ2v) is 4.88. The number of rotatable bonds is 3. The third-order valence-corrected chi connectivity index (χ3v) is 3.47. The molecule has 0 spiro atoms. The predicted octanol–water partition coefficient (Wildman–Crippen LogP) is 1.29. The molecule has 1 aromatic heterocycles. The number of ether oxygens (including phenoxy) is 1. The zero-order valence-corrected chi connectivity index (χ0v) is 11.8. The number of anilines is 1. The van der Waals surface area contributed by atoms with E-state index >= 15 is 0 Å². The molecule has 0 atom stereocenters. The van der Waals surface area contributed by atoms with E-state index in [-0.39, 0.29) is 5.91 Å². The van der Waals surface area contributed by atoms with Crippen LogP contribution in [-0.4, -0.2) is 48.0 Å². The molecule has 20 heavy (non-hydrogen) atoms. The first kappa shape index (κ1) is 14.3. The maximum atomic E-state index is 11.4. The molecule has 1 aromatic rings. The fraction of sp³-hybridized carbons (Fsp3) is 0.500. The number of piperidine rings is 1. The molecule has 0 bridgehead atoms. The maximum Gasteiger partial charge on any atom is 0.339 e. The Bertz CT molecular complexity index is 496. The number of pyridine rings is 1. The summed E-state index contributed by atoms with van der Waals surface area (Å²) >= 11 is 0. The molecule has 0 unspecified atom stereocenters. The van der Waals surface area contributed by atoms with Crippen molar-refractivity contribution in [2.24, 2.45) is 0 Å². The summed E-state index contributed by atoms with van der Waals surface area (Å²) in [5.74, 6) is -0.273. The molecule has 1 saturated heterocycles. The van der Waals surface area contributed by atoms with E-state index in [2.05, 4.69) is 15.0 Å². The Labute approximate surface area is 118 Å². The minimum Gasteiger partial charge on any atom is -0.465 e. The van der Waals surface area contributed by atoms with Gasteiger partial charge in [0.1, 0.15) is 0 Å². The second-order valence-electron chi connectivity index (χ2n) is 4.88. The number of carbonyl (C=O) groups is 2. The van der Waals surface area contributed by atoms with Crippen LogP contribution in [0, 0.1) is 0 Å². The highest BCUT2D eigenvalue weighted by atomic mass is 16.5. The zero-order valence-electron chi connectivity index (χ0n) is 11.8. The smallest absolute Gasteiger partial charge is 0.339 e. The molecule has 0 radical (unpaired) electrons. The second kappa shape index (κ2) is 6.36. The quantitative estimate of drug-likeness (QED) is 0.843. The van der Waals surface area contributed by atoms with Gasteiger partial charge in [-0.1, -0.05) is 0 Å². The van der Waals surface area contributed by atoms with Crippen molar-refractivity contribution in [1.29, 1.82) is 0 Å². The summed E-state index contributed by atoms with van der Waals surface area (Å²) in [6.45, 7) is 3.12. The standard InChI is InChI=1S/C14H19N3O3/c1-10(18)17-5-3-12(4-6-17)16-13-7-11(8-15-9-13)14(19)20-2/h7-9,12,16H,3-6H2,1-2H3. The van der Waals surface area contributed by atoms with Crippen molar-refractivity contribution < 1.29 is 14.3 Å². The van der Waals surface area contributed by atoms with E-state index in [0.717, 1.165) is 31.6 Å². The lowest BCUT2D eigenvalue weighted by Crippen LogP contribution is -2.41. The number of nitrogens with one attached hydrogen (secondary N) is 1. The van der Waals surface area contributed by atoms with Crippen LogP contribution in [0.1, 0.15) is 30.1 Å². The molecular weight excluding hydrogens is 258 g/mol. The Morgan fingerprint density at radius 3 is 2.65 bits per heavy atom. The van der Waals surface area contributed by atoms with Gasteiger partial charge in [0, 0.05) is 38.4 Å². The highest BCUT2D eigenvalue weighted by molar-refractivity contribution is 5.89. The van der Waals surface area contributed by atoms with Crippen molar-refractivity contribution >= 4 is 17.6 Å². The van der Waals surface area contributed by atoms with Gasteiger partial charge in [0.15, 0.2) is 0 Å². The van der Waals surface area contributed by atoms with E-state index in [9.17, 15) is 9.59 Å². The van der Waals surface area contributed by atoms with Crippen LogP contribution in [0.3, 0.4) is 0 Å². The number of hydrogen-bond donors (Lipinski definition) is 1. The normalized spacial score (nSPS) is 15.8. The number of hydrogen-bond acceptors (Lipinski definition) is 5. The van der Waals surface area contributed by atoms with Gasteiger partial charge in [-0.15, -0.1) is 0 Å². The minimum atomic E-state index is -0.396. The summed E-state index contributed by atoms with van der Waals surface area (Å²) in [4.78, 5) is 28.6. The van der Waals surface area contributed by atoms with E-state index < -0.39 is 5.97 Å². The SMILES string of the molecule is COC(=O)c1cncc(NC2CCN(C(C)=O)CC2)c1. The van der Waals surface area contributed by atoms with Crippen LogP contribution < -0.4 is 5.32 Å². The lowest BCUT2D eigenvalue weighted by atomic mass is 10.0. The molecule has 6 nitrogen and oxygen atoms in total. The third kappa shape index (κ3) is 3.46. The number of nitrogens with zero attached hydrogens (tertiary/aromatic N) is 2. The lowest BCUT2D eigenvalue weighted by molar-refractivity contribution is -0.129.